The van der Waals surface area contributed by atoms with Gasteiger partial charge in [0, 0.05) is 28.0 Å². The van der Waals surface area contributed by atoms with Gasteiger partial charge in [-0.3, -0.25) is 4.98 Å². The molecule has 0 unspecified atom stereocenters. The highest BCUT2D eigenvalue weighted by Gasteiger charge is 2.26. The molecule has 2 heterocycles. The maximum Gasteiger partial charge on any atom is 0.200 e. The zero-order valence-electron chi connectivity index (χ0n) is 13.5. The Hall–Kier alpha value is -2.96. The number of pyridine rings is 1. The Labute approximate surface area is 144 Å². The quantitative estimate of drug-likeness (QED) is 0.271. The number of halogens is 5. The molecule has 4 aromatic rings. The van der Waals surface area contributed by atoms with Crippen LogP contribution in [0.4, 0.5) is 22.0 Å². The molecular formula is C19H11F5N2. The van der Waals surface area contributed by atoms with E-state index in [1.165, 1.54) is 4.57 Å². The molecule has 2 nitrogen and oxygen atoms in total. The maximum atomic E-state index is 14.1. The molecule has 0 amide bonds. The van der Waals surface area contributed by atoms with Crippen LogP contribution in [0.25, 0.3) is 21.8 Å². The molecule has 7 heteroatoms. The minimum Gasteiger partial charge on any atom is -0.334 e. The van der Waals surface area contributed by atoms with E-state index in [4.69, 9.17) is 0 Å². The highest BCUT2D eigenvalue weighted by molar-refractivity contribution is 6.08. The molecule has 4 rings (SSSR count). The average molecular weight is 362 g/mol. The van der Waals surface area contributed by atoms with E-state index in [0.29, 0.717) is 16.7 Å². The van der Waals surface area contributed by atoms with Gasteiger partial charge in [0.1, 0.15) is 0 Å². The number of fused-ring (bicyclic) bond motifs is 3. The monoisotopic (exact) mass is 362 g/mol. The van der Waals surface area contributed by atoms with Gasteiger partial charge in [0.25, 0.3) is 0 Å². The van der Waals surface area contributed by atoms with Crippen molar-refractivity contribution in [1.29, 1.82) is 0 Å². The van der Waals surface area contributed by atoms with Gasteiger partial charge in [-0.05, 0) is 19.1 Å². The van der Waals surface area contributed by atoms with Crippen LogP contribution in [-0.2, 0) is 6.54 Å². The van der Waals surface area contributed by atoms with Gasteiger partial charge >= 0.3 is 0 Å². The number of hydrogen-bond donors (Lipinski definition) is 0. The zero-order chi connectivity index (χ0) is 18.6. The van der Waals surface area contributed by atoms with Crippen LogP contribution < -0.4 is 0 Å². The summed E-state index contributed by atoms with van der Waals surface area (Å²) in [5.41, 5.74) is 0.898. The Morgan fingerprint density at radius 1 is 0.808 bits per heavy atom. The number of aryl methyl sites for hydroxylation is 1. The van der Waals surface area contributed by atoms with E-state index in [-0.39, 0.29) is 0 Å². The van der Waals surface area contributed by atoms with Crippen LogP contribution >= 0.6 is 0 Å². The molecule has 2 aromatic heterocycles. The van der Waals surface area contributed by atoms with Crippen LogP contribution in [0.2, 0.25) is 0 Å². The molecule has 0 aliphatic carbocycles. The van der Waals surface area contributed by atoms with Crippen molar-refractivity contribution in [3.05, 3.63) is 76.9 Å². The van der Waals surface area contributed by atoms with Gasteiger partial charge < -0.3 is 4.57 Å². The average Bonchev–Trinajstić information content (AvgIpc) is 2.97. The van der Waals surface area contributed by atoms with Gasteiger partial charge in [-0.25, -0.2) is 22.0 Å². The number of benzene rings is 2. The summed E-state index contributed by atoms with van der Waals surface area (Å²) in [6, 6.07) is 8.84. The lowest BCUT2D eigenvalue weighted by Gasteiger charge is -2.12. The normalized spacial score (nSPS) is 11.6. The molecule has 0 bridgehead atoms. The number of rotatable bonds is 2. The van der Waals surface area contributed by atoms with Crippen molar-refractivity contribution in [3.8, 4) is 0 Å². The third-order valence-corrected chi connectivity index (χ3v) is 4.48. The zero-order valence-corrected chi connectivity index (χ0v) is 13.5. The molecule has 132 valence electrons. The molecule has 0 radical (unpaired) electrons. The predicted octanol–water partition coefficient (Wildman–Crippen LogP) is 5.24. The summed E-state index contributed by atoms with van der Waals surface area (Å²) in [7, 11) is 0. The smallest absolute Gasteiger partial charge is 0.200 e. The van der Waals surface area contributed by atoms with Crippen molar-refractivity contribution >= 4 is 21.8 Å². The van der Waals surface area contributed by atoms with E-state index in [1.54, 1.807) is 37.4 Å². The van der Waals surface area contributed by atoms with E-state index in [1.807, 2.05) is 6.07 Å². The largest absolute Gasteiger partial charge is 0.334 e. The van der Waals surface area contributed by atoms with E-state index in [0.717, 1.165) is 10.8 Å². The molecule has 0 saturated carbocycles. The van der Waals surface area contributed by atoms with Gasteiger partial charge in [-0.2, -0.15) is 0 Å². The second-order valence-corrected chi connectivity index (χ2v) is 5.94. The first kappa shape index (κ1) is 16.5. The molecule has 0 saturated heterocycles. The fourth-order valence-corrected chi connectivity index (χ4v) is 3.29. The Balaban J connectivity index is 2.05. The maximum absolute atomic E-state index is 14.1. The van der Waals surface area contributed by atoms with Crippen molar-refractivity contribution in [2.24, 2.45) is 0 Å². The molecule has 0 atom stereocenters. The predicted molar refractivity (Wildman–Crippen MR) is 87.3 cm³/mol. The van der Waals surface area contributed by atoms with Crippen molar-refractivity contribution < 1.29 is 22.0 Å². The minimum atomic E-state index is -2.16. The fourth-order valence-electron chi connectivity index (χ4n) is 3.29. The third kappa shape index (κ3) is 2.20. The first-order valence-electron chi connectivity index (χ1n) is 7.74. The van der Waals surface area contributed by atoms with Crippen molar-refractivity contribution in [2.75, 3.05) is 0 Å². The Bertz CT molecular complexity index is 1150. The van der Waals surface area contributed by atoms with Gasteiger partial charge in [0.05, 0.1) is 17.8 Å². The van der Waals surface area contributed by atoms with Crippen LogP contribution in [0.15, 0.2) is 36.5 Å². The fraction of sp³-hybridized carbons (Fsp3) is 0.105. The van der Waals surface area contributed by atoms with Gasteiger partial charge in [0.2, 0.25) is 5.82 Å². The SMILES string of the molecule is Cc1nccc2c3ccccc3n(Cc3c(F)c(F)c(F)c(F)c3F)c12. The van der Waals surface area contributed by atoms with Crippen molar-refractivity contribution in [3.63, 3.8) is 0 Å². The van der Waals surface area contributed by atoms with Crippen molar-refractivity contribution in [1.82, 2.24) is 9.55 Å². The summed E-state index contributed by atoms with van der Waals surface area (Å²) in [4.78, 5) is 4.18. The van der Waals surface area contributed by atoms with Crippen LogP contribution in [0.3, 0.4) is 0 Å². The number of para-hydroxylation sites is 1. The van der Waals surface area contributed by atoms with Crippen LogP contribution in [0, 0.1) is 36.0 Å². The summed E-state index contributed by atoms with van der Waals surface area (Å²) in [5.74, 6) is -9.71. The second-order valence-electron chi connectivity index (χ2n) is 5.94. The Morgan fingerprint density at radius 3 is 2.12 bits per heavy atom. The van der Waals surface area contributed by atoms with Crippen LogP contribution in [-0.4, -0.2) is 9.55 Å². The van der Waals surface area contributed by atoms with E-state index in [2.05, 4.69) is 4.98 Å². The standard InChI is InChI=1S/C19H11F5N2/c1-9-19-11(6-7-25-9)10-4-2-3-5-13(10)26(19)8-12-14(20)16(22)18(24)17(23)15(12)21/h2-7H,8H2,1H3. The molecule has 0 aliphatic rings. The molecule has 0 spiro atoms. The van der Waals surface area contributed by atoms with E-state index in [9.17, 15) is 22.0 Å². The summed E-state index contributed by atoms with van der Waals surface area (Å²) in [6.07, 6.45) is 1.60. The highest BCUT2D eigenvalue weighted by atomic mass is 19.2. The first-order chi connectivity index (χ1) is 12.4. The molecule has 0 fully saturated rings. The topological polar surface area (TPSA) is 17.8 Å². The van der Waals surface area contributed by atoms with Gasteiger partial charge in [-0.15, -0.1) is 0 Å². The van der Waals surface area contributed by atoms with Crippen LogP contribution in [0.5, 0.6) is 0 Å². The summed E-state index contributed by atoms with van der Waals surface area (Å²) in [6.45, 7) is 1.21. The van der Waals surface area contributed by atoms with E-state index < -0.39 is 41.2 Å². The molecule has 0 N–H and O–H groups in total. The summed E-state index contributed by atoms with van der Waals surface area (Å²) >= 11 is 0. The Kier molecular flexibility index (Phi) is 3.68. The first-order valence-corrected chi connectivity index (χ1v) is 7.74. The number of nitrogens with zero attached hydrogens (tertiary/aromatic N) is 2. The third-order valence-electron chi connectivity index (χ3n) is 4.48. The molecule has 0 aliphatic heterocycles. The molecular weight excluding hydrogens is 351 g/mol. The second kappa shape index (κ2) is 5.79. The lowest BCUT2D eigenvalue weighted by Crippen LogP contribution is -2.11. The van der Waals surface area contributed by atoms with E-state index >= 15 is 0 Å². The van der Waals surface area contributed by atoms with Gasteiger partial charge in [0.15, 0.2) is 23.3 Å². The lowest BCUT2D eigenvalue weighted by atomic mass is 10.1. The molecule has 26 heavy (non-hydrogen) atoms. The Morgan fingerprint density at radius 2 is 1.42 bits per heavy atom. The number of aromatic nitrogens is 2. The number of hydrogen-bond acceptors (Lipinski definition) is 1. The van der Waals surface area contributed by atoms with Gasteiger partial charge in [-0.1, -0.05) is 18.2 Å². The van der Waals surface area contributed by atoms with Crippen LogP contribution in [0.1, 0.15) is 11.3 Å². The minimum absolute atomic E-state index is 0.512. The lowest BCUT2D eigenvalue weighted by molar-refractivity contribution is 0.368. The highest BCUT2D eigenvalue weighted by Crippen LogP contribution is 2.32. The van der Waals surface area contributed by atoms with Crippen molar-refractivity contribution in [2.45, 2.75) is 13.5 Å². The molecule has 2 aromatic carbocycles. The summed E-state index contributed by atoms with van der Waals surface area (Å²) in [5, 5.41) is 1.59. The summed E-state index contributed by atoms with van der Waals surface area (Å²) < 4.78 is 70.2.